The Morgan fingerprint density at radius 1 is 1.32 bits per heavy atom. The zero-order chi connectivity index (χ0) is 22.6. The number of allylic oxidation sites excluding steroid dienone is 5. The van der Waals surface area contributed by atoms with Gasteiger partial charge in [0.15, 0.2) is 0 Å². The lowest BCUT2D eigenvalue weighted by atomic mass is 9.86. The van der Waals surface area contributed by atoms with Crippen LogP contribution >= 0.6 is 0 Å². The third kappa shape index (κ3) is 4.81. The number of fused-ring (bicyclic) bond motifs is 1. The molecule has 4 nitrogen and oxygen atoms in total. The lowest BCUT2D eigenvalue weighted by Gasteiger charge is -2.30. The highest BCUT2D eigenvalue weighted by Crippen LogP contribution is 2.36. The topological polar surface area (TPSA) is 39.4 Å². The van der Waals surface area contributed by atoms with E-state index in [2.05, 4.69) is 17.6 Å². The first-order valence-electron chi connectivity index (χ1n) is 11.0. The largest absolute Gasteiger partial charge is 0.501 e. The van der Waals surface area contributed by atoms with Crippen LogP contribution in [0, 0.1) is 0 Å². The monoisotopic (exact) mass is 423 g/mol. The number of ether oxygens (including phenoxy) is 1. The van der Waals surface area contributed by atoms with Crippen LogP contribution in [0.15, 0.2) is 47.4 Å². The maximum absolute atomic E-state index is 15.7. The van der Waals surface area contributed by atoms with E-state index in [-0.39, 0.29) is 0 Å². The second kappa shape index (κ2) is 9.63. The van der Waals surface area contributed by atoms with Crippen LogP contribution in [-0.4, -0.2) is 35.6 Å². The summed E-state index contributed by atoms with van der Waals surface area (Å²) in [5, 5.41) is 0. The Labute approximate surface area is 185 Å². The van der Waals surface area contributed by atoms with Crippen LogP contribution in [0.4, 0.5) is 4.39 Å². The molecule has 0 unspecified atom stereocenters. The minimum atomic E-state index is -1.18. The molecule has 0 N–H and O–H groups in total. The molecule has 31 heavy (non-hydrogen) atoms. The van der Waals surface area contributed by atoms with Crippen LogP contribution in [0.5, 0.6) is 0 Å². The summed E-state index contributed by atoms with van der Waals surface area (Å²) in [5.74, 6) is 0.786. The van der Waals surface area contributed by atoms with Gasteiger partial charge in [0.1, 0.15) is 11.4 Å². The van der Waals surface area contributed by atoms with Crippen molar-refractivity contribution in [1.29, 1.82) is 0 Å². The molecule has 0 bridgehead atoms. The maximum Gasteiger partial charge on any atom is 0.128 e. The predicted molar refractivity (Wildman–Crippen MR) is 129 cm³/mol. The number of halogens is 1. The van der Waals surface area contributed by atoms with E-state index in [1.54, 1.807) is 14.2 Å². The van der Waals surface area contributed by atoms with E-state index in [1.165, 1.54) is 0 Å². The minimum absolute atomic E-state index is 0.338. The molecule has 2 heterocycles. The minimum Gasteiger partial charge on any atom is -0.501 e. The molecule has 1 aliphatic rings. The van der Waals surface area contributed by atoms with E-state index in [1.807, 2.05) is 50.0 Å². The standard InChI is InChI=1S/C26H34FN3O/c1-7-20(14-28-5)22-16-30(17-26(27)11-9-8-10-12-26)23-13-21(15-29-25(22)23)24(18(2)3)19(4)31-6/h7,13-16H,2,8-12,17H2,1,3-6H3/b20-7+,24-19+,28-14?. The molecule has 1 aliphatic carbocycles. The Morgan fingerprint density at radius 2 is 2.03 bits per heavy atom. The average molecular weight is 424 g/mol. The van der Waals surface area contributed by atoms with E-state index in [0.717, 1.165) is 63.9 Å². The molecular formula is C26H34FN3O. The Bertz CT molecular complexity index is 1050. The summed E-state index contributed by atoms with van der Waals surface area (Å²) in [6.07, 6.45) is 12.0. The summed E-state index contributed by atoms with van der Waals surface area (Å²) in [6.45, 7) is 10.3. The summed E-state index contributed by atoms with van der Waals surface area (Å²) in [5.41, 5.74) is 5.30. The fourth-order valence-corrected chi connectivity index (χ4v) is 4.58. The predicted octanol–water partition coefficient (Wildman–Crippen LogP) is 6.77. The van der Waals surface area contributed by atoms with Crippen LogP contribution < -0.4 is 0 Å². The number of aromatic nitrogens is 2. The van der Waals surface area contributed by atoms with Gasteiger partial charge in [-0.25, -0.2) is 4.39 Å². The lowest BCUT2D eigenvalue weighted by molar-refractivity contribution is 0.0873. The number of alkyl halides is 1. The summed E-state index contributed by atoms with van der Waals surface area (Å²) >= 11 is 0. The van der Waals surface area contributed by atoms with E-state index in [9.17, 15) is 0 Å². The highest BCUT2D eigenvalue weighted by atomic mass is 19.1. The molecule has 166 valence electrons. The third-order valence-corrected chi connectivity index (χ3v) is 6.18. The van der Waals surface area contributed by atoms with Crippen molar-refractivity contribution in [2.75, 3.05) is 14.2 Å². The lowest BCUT2D eigenvalue weighted by Crippen LogP contribution is -2.31. The van der Waals surface area contributed by atoms with Crippen molar-refractivity contribution >= 4 is 28.4 Å². The van der Waals surface area contributed by atoms with E-state index in [0.29, 0.717) is 19.4 Å². The van der Waals surface area contributed by atoms with Gasteiger partial charge >= 0.3 is 0 Å². The van der Waals surface area contributed by atoms with Crippen LogP contribution in [0.3, 0.4) is 0 Å². The van der Waals surface area contributed by atoms with Crippen molar-refractivity contribution in [3.63, 3.8) is 0 Å². The number of hydrogen-bond donors (Lipinski definition) is 0. The molecule has 0 amide bonds. The second-order valence-electron chi connectivity index (χ2n) is 8.52. The first-order valence-corrected chi connectivity index (χ1v) is 11.0. The summed E-state index contributed by atoms with van der Waals surface area (Å²) < 4.78 is 23.2. The van der Waals surface area contributed by atoms with Gasteiger partial charge < -0.3 is 9.30 Å². The maximum atomic E-state index is 15.7. The fraction of sp³-hybridized carbons (Fsp3) is 0.462. The molecule has 1 saturated carbocycles. The molecule has 2 aromatic rings. The van der Waals surface area contributed by atoms with Gasteiger partial charge in [0.05, 0.1) is 24.7 Å². The Kier molecular flexibility index (Phi) is 7.14. The van der Waals surface area contributed by atoms with Gasteiger partial charge in [-0.1, -0.05) is 31.9 Å². The van der Waals surface area contributed by atoms with Crippen molar-refractivity contribution in [2.45, 2.75) is 65.1 Å². The zero-order valence-corrected chi connectivity index (χ0v) is 19.5. The third-order valence-electron chi connectivity index (χ3n) is 6.18. The van der Waals surface area contributed by atoms with Crippen LogP contribution in [0.25, 0.3) is 22.2 Å². The van der Waals surface area contributed by atoms with Gasteiger partial charge in [0.2, 0.25) is 0 Å². The van der Waals surface area contributed by atoms with Gasteiger partial charge in [0.25, 0.3) is 0 Å². The smallest absolute Gasteiger partial charge is 0.128 e. The van der Waals surface area contributed by atoms with Gasteiger partial charge in [-0.05, 0) is 50.8 Å². The van der Waals surface area contributed by atoms with E-state index >= 15 is 4.39 Å². The number of pyridine rings is 1. The van der Waals surface area contributed by atoms with Gasteiger partial charge in [-0.2, -0.15) is 0 Å². The zero-order valence-electron chi connectivity index (χ0n) is 19.5. The normalized spacial score (nSPS) is 17.8. The van der Waals surface area contributed by atoms with Crippen LogP contribution in [-0.2, 0) is 11.3 Å². The van der Waals surface area contributed by atoms with Crippen molar-refractivity contribution in [2.24, 2.45) is 4.99 Å². The first-order chi connectivity index (χ1) is 14.8. The summed E-state index contributed by atoms with van der Waals surface area (Å²) in [4.78, 5) is 9.00. The van der Waals surface area contributed by atoms with Crippen molar-refractivity contribution in [3.8, 4) is 0 Å². The second-order valence-corrected chi connectivity index (χ2v) is 8.52. The average Bonchev–Trinajstić information content (AvgIpc) is 3.09. The highest BCUT2D eigenvalue weighted by Gasteiger charge is 2.33. The highest BCUT2D eigenvalue weighted by molar-refractivity contribution is 6.14. The molecule has 1 fully saturated rings. The van der Waals surface area contributed by atoms with Crippen molar-refractivity contribution < 1.29 is 9.13 Å². The molecule has 0 saturated heterocycles. The molecule has 0 atom stereocenters. The number of nitrogens with zero attached hydrogens (tertiary/aromatic N) is 3. The van der Waals surface area contributed by atoms with Crippen LogP contribution in [0.1, 0.15) is 64.0 Å². The van der Waals surface area contributed by atoms with Crippen LogP contribution in [0.2, 0.25) is 0 Å². The summed E-state index contributed by atoms with van der Waals surface area (Å²) in [7, 11) is 3.41. The fourth-order valence-electron chi connectivity index (χ4n) is 4.58. The first kappa shape index (κ1) is 23.0. The van der Waals surface area contributed by atoms with Gasteiger partial charge in [0, 0.05) is 42.4 Å². The number of methoxy groups -OCH3 is 1. The number of rotatable bonds is 7. The Hall–Kier alpha value is -2.69. The SMILES string of the molecule is C=C(C)/C(=C(/C)OC)c1cnc2c(/C(C=NC)=C/C)cn(CC3(F)CCCCC3)c2c1. The van der Waals surface area contributed by atoms with Gasteiger partial charge in [-0.15, -0.1) is 0 Å². The van der Waals surface area contributed by atoms with Crippen molar-refractivity contribution in [1.82, 2.24) is 9.55 Å². The quantitative estimate of drug-likeness (QED) is 0.280. The molecule has 5 heteroatoms. The van der Waals surface area contributed by atoms with E-state index < -0.39 is 5.67 Å². The summed E-state index contributed by atoms with van der Waals surface area (Å²) in [6, 6.07) is 2.08. The Balaban J connectivity index is 2.21. The number of hydrogen-bond acceptors (Lipinski definition) is 3. The molecule has 0 aromatic carbocycles. The van der Waals surface area contributed by atoms with E-state index in [4.69, 9.17) is 9.72 Å². The Morgan fingerprint density at radius 3 is 2.61 bits per heavy atom. The molecule has 3 rings (SSSR count). The van der Waals surface area contributed by atoms with Crippen molar-refractivity contribution in [3.05, 3.63) is 53.6 Å². The molecule has 0 radical (unpaired) electrons. The van der Waals surface area contributed by atoms with Gasteiger partial charge in [-0.3, -0.25) is 9.98 Å². The molecule has 2 aromatic heterocycles. The number of aliphatic imine (C=N–C) groups is 1. The molecule has 0 spiro atoms. The molecular weight excluding hydrogens is 389 g/mol. The molecule has 0 aliphatic heterocycles.